The summed E-state index contributed by atoms with van der Waals surface area (Å²) in [6.07, 6.45) is 3.76. The van der Waals surface area contributed by atoms with E-state index in [9.17, 15) is 5.11 Å². The molecular formula is C15H23N3O2. The van der Waals surface area contributed by atoms with Crippen molar-refractivity contribution in [2.24, 2.45) is 5.92 Å². The molecule has 0 atom stereocenters. The summed E-state index contributed by atoms with van der Waals surface area (Å²) in [5.41, 5.74) is 1.07. The van der Waals surface area contributed by atoms with Crippen molar-refractivity contribution < 1.29 is 9.84 Å². The zero-order valence-corrected chi connectivity index (χ0v) is 12.0. The normalized spacial score (nSPS) is 27.1. The smallest absolute Gasteiger partial charge is 0.129 e. The van der Waals surface area contributed by atoms with Gasteiger partial charge in [0.15, 0.2) is 0 Å². The van der Waals surface area contributed by atoms with E-state index in [-0.39, 0.29) is 6.10 Å². The summed E-state index contributed by atoms with van der Waals surface area (Å²) >= 11 is 0. The largest absolute Gasteiger partial charge is 0.393 e. The van der Waals surface area contributed by atoms with Gasteiger partial charge >= 0.3 is 0 Å². The van der Waals surface area contributed by atoms with Gasteiger partial charge in [0.1, 0.15) is 11.6 Å². The monoisotopic (exact) mass is 277 g/mol. The van der Waals surface area contributed by atoms with E-state index in [1.807, 2.05) is 13.0 Å². The Morgan fingerprint density at radius 3 is 2.75 bits per heavy atom. The third-order valence-corrected chi connectivity index (χ3v) is 4.30. The molecular weight excluding hydrogens is 254 g/mol. The maximum absolute atomic E-state index is 9.42. The first-order chi connectivity index (χ1) is 9.70. The van der Waals surface area contributed by atoms with Crippen LogP contribution >= 0.6 is 0 Å². The van der Waals surface area contributed by atoms with Gasteiger partial charge in [0.2, 0.25) is 0 Å². The number of ether oxygens (including phenoxy) is 1. The van der Waals surface area contributed by atoms with E-state index in [4.69, 9.17) is 4.74 Å². The number of aryl methyl sites for hydroxylation is 1. The Kier molecular flexibility index (Phi) is 4.17. The molecule has 2 fully saturated rings. The Morgan fingerprint density at radius 1 is 1.30 bits per heavy atom. The third-order valence-electron chi connectivity index (χ3n) is 4.30. The van der Waals surface area contributed by atoms with Crippen molar-refractivity contribution in [2.75, 3.05) is 25.1 Å². The fourth-order valence-corrected chi connectivity index (χ4v) is 2.92. The number of anilines is 1. The van der Waals surface area contributed by atoms with Crippen LogP contribution in [0, 0.1) is 12.8 Å². The van der Waals surface area contributed by atoms with Crippen LogP contribution in [-0.4, -0.2) is 40.9 Å². The lowest BCUT2D eigenvalue weighted by Gasteiger charge is -2.31. The molecule has 1 aromatic rings. The first-order valence-corrected chi connectivity index (χ1v) is 7.56. The Morgan fingerprint density at radius 2 is 2.05 bits per heavy atom. The number of nitrogens with zero attached hydrogens (tertiary/aromatic N) is 2. The molecule has 2 heterocycles. The van der Waals surface area contributed by atoms with Gasteiger partial charge in [0, 0.05) is 37.4 Å². The van der Waals surface area contributed by atoms with Crippen molar-refractivity contribution >= 4 is 5.82 Å². The Labute approximate surface area is 119 Å². The molecule has 0 amide bonds. The third kappa shape index (κ3) is 3.27. The fraction of sp³-hybridized carbons (Fsp3) is 0.733. The quantitative estimate of drug-likeness (QED) is 0.879. The molecule has 1 aromatic heterocycles. The summed E-state index contributed by atoms with van der Waals surface area (Å²) in [5, 5.41) is 12.9. The van der Waals surface area contributed by atoms with Crippen molar-refractivity contribution in [1.82, 2.24) is 9.97 Å². The summed E-state index contributed by atoms with van der Waals surface area (Å²) in [6, 6.07) is 2.04. The lowest BCUT2D eigenvalue weighted by Crippen LogP contribution is -2.27. The number of rotatable bonds is 4. The molecule has 0 unspecified atom stereocenters. The van der Waals surface area contributed by atoms with Crippen molar-refractivity contribution in [3.05, 3.63) is 17.6 Å². The van der Waals surface area contributed by atoms with Crippen LogP contribution in [0.5, 0.6) is 0 Å². The Balaban J connectivity index is 1.60. The molecule has 1 saturated heterocycles. The molecule has 5 heteroatoms. The average molecular weight is 277 g/mol. The van der Waals surface area contributed by atoms with Crippen molar-refractivity contribution in [2.45, 2.75) is 44.6 Å². The minimum Gasteiger partial charge on any atom is -0.393 e. The highest BCUT2D eigenvalue weighted by Crippen LogP contribution is 2.36. The van der Waals surface area contributed by atoms with E-state index in [2.05, 4.69) is 15.3 Å². The minimum absolute atomic E-state index is 0.145. The molecule has 0 bridgehead atoms. The molecule has 0 radical (unpaired) electrons. The van der Waals surface area contributed by atoms with Crippen LogP contribution in [0.2, 0.25) is 0 Å². The highest BCUT2D eigenvalue weighted by Gasteiger charge is 2.30. The van der Waals surface area contributed by atoms with E-state index < -0.39 is 0 Å². The summed E-state index contributed by atoms with van der Waals surface area (Å²) in [4.78, 5) is 8.96. The molecule has 1 saturated carbocycles. The molecule has 0 spiro atoms. The lowest BCUT2D eigenvalue weighted by atomic mass is 9.80. The van der Waals surface area contributed by atoms with Gasteiger partial charge in [-0.3, -0.25) is 0 Å². The maximum Gasteiger partial charge on any atom is 0.129 e. The Bertz CT molecular complexity index is 454. The van der Waals surface area contributed by atoms with Crippen LogP contribution in [0.25, 0.3) is 0 Å². The van der Waals surface area contributed by atoms with Crippen molar-refractivity contribution in [3.63, 3.8) is 0 Å². The van der Waals surface area contributed by atoms with Gasteiger partial charge in [-0.15, -0.1) is 0 Å². The standard InChI is InChI=1S/C15H23N3O2/c1-10-17-14(12-6-13(19)7-12)8-15(18-10)16-9-11-2-4-20-5-3-11/h8,11-13,19H,2-7,9H2,1H3,(H,16,17,18). The van der Waals surface area contributed by atoms with Gasteiger partial charge in [-0.05, 0) is 38.5 Å². The van der Waals surface area contributed by atoms with Gasteiger partial charge in [-0.25, -0.2) is 9.97 Å². The maximum atomic E-state index is 9.42. The summed E-state index contributed by atoms with van der Waals surface area (Å²) in [7, 11) is 0. The van der Waals surface area contributed by atoms with Crippen LogP contribution < -0.4 is 5.32 Å². The molecule has 1 aliphatic carbocycles. The van der Waals surface area contributed by atoms with E-state index in [0.717, 1.165) is 62.8 Å². The number of hydrogen-bond donors (Lipinski definition) is 2. The zero-order chi connectivity index (χ0) is 13.9. The molecule has 2 N–H and O–H groups in total. The van der Waals surface area contributed by atoms with Gasteiger partial charge < -0.3 is 15.2 Å². The van der Waals surface area contributed by atoms with E-state index in [0.29, 0.717) is 11.8 Å². The van der Waals surface area contributed by atoms with Crippen molar-refractivity contribution in [3.8, 4) is 0 Å². The molecule has 5 nitrogen and oxygen atoms in total. The minimum atomic E-state index is -0.145. The van der Waals surface area contributed by atoms with Crippen LogP contribution in [-0.2, 0) is 4.74 Å². The first-order valence-electron chi connectivity index (χ1n) is 7.56. The van der Waals surface area contributed by atoms with Crippen LogP contribution in [0.15, 0.2) is 6.07 Å². The first kappa shape index (κ1) is 13.8. The summed E-state index contributed by atoms with van der Waals surface area (Å²) in [6.45, 7) is 4.63. The SMILES string of the molecule is Cc1nc(NCC2CCOCC2)cc(C2CC(O)C2)n1. The highest BCUT2D eigenvalue weighted by molar-refractivity contribution is 5.37. The second-order valence-electron chi connectivity index (χ2n) is 5.98. The van der Waals surface area contributed by atoms with Crippen molar-refractivity contribution in [1.29, 1.82) is 0 Å². The van der Waals surface area contributed by atoms with Gasteiger partial charge in [0.25, 0.3) is 0 Å². The summed E-state index contributed by atoms with van der Waals surface area (Å²) < 4.78 is 5.38. The Hall–Kier alpha value is -1.20. The van der Waals surface area contributed by atoms with Crippen LogP contribution in [0.4, 0.5) is 5.82 Å². The molecule has 1 aliphatic heterocycles. The second-order valence-corrected chi connectivity index (χ2v) is 5.98. The van der Waals surface area contributed by atoms with E-state index >= 15 is 0 Å². The number of aromatic nitrogens is 2. The fourth-order valence-electron chi connectivity index (χ4n) is 2.92. The molecule has 3 rings (SSSR count). The van der Waals surface area contributed by atoms with E-state index in [1.165, 1.54) is 0 Å². The molecule has 110 valence electrons. The predicted octanol–water partition coefficient (Wildman–Crippen LogP) is 1.86. The predicted molar refractivity (Wildman–Crippen MR) is 76.8 cm³/mol. The molecule has 0 aromatic carbocycles. The molecule has 20 heavy (non-hydrogen) atoms. The van der Waals surface area contributed by atoms with Crippen LogP contribution in [0.1, 0.15) is 43.1 Å². The lowest BCUT2D eigenvalue weighted by molar-refractivity contribution is 0.0699. The van der Waals surface area contributed by atoms with Crippen LogP contribution in [0.3, 0.4) is 0 Å². The average Bonchev–Trinajstić information content (AvgIpc) is 2.42. The van der Waals surface area contributed by atoms with Gasteiger partial charge in [0.05, 0.1) is 6.10 Å². The second kappa shape index (κ2) is 6.06. The number of hydrogen-bond acceptors (Lipinski definition) is 5. The number of nitrogens with one attached hydrogen (secondary N) is 1. The topological polar surface area (TPSA) is 67.3 Å². The molecule has 2 aliphatic rings. The zero-order valence-electron chi connectivity index (χ0n) is 12.0. The summed E-state index contributed by atoms with van der Waals surface area (Å²) in [5.74, 6) is 2.79. The van der Waals surface area contributed by atoms with E-state index in [1.54, 1.807) is 0 Å². The van der Waals surface area contributed by atoms with Gasteiger partial charge in [-0.2, -0.15) is 0 Å². The highest BCUT2D eigenvalue weighted by atomic mass is 16.5. The van der Waals surface area contributed by atoms with Gasteiger partial charge in [-0.1, -0.05) is 0 Å². The number of aliphatic hydroxyl groups excluding tert-OH is 1. The number of aliphatic hydroxyl groups is 1.